The summed E-state index contributed by atoms with van der Waals surface area (Å²) in [5, 5.41) is 0. The average Bonchev–Trinajstić information content (AvgIpc) is 2.37. The largest absolute Gasteiger partial charge is 0.573 e. The molecule has 130 valence electrons. The summed E-state index contributed by atoms with van der Waals surface area (Å²) in [6.45, 7) is 0.497. The Morgan fingerprint density at radius 3 is 2.30 bits per heavy atom. The van der Waals surface area contributed by atoms with E-state index in [1.54, 1.807) is 0 Å². The number of hydrogen-bond acceptors (Lipinski definition) is 5. The van der Waals surface area contributed by atoms with Crippen LogP contribution in [0.25, 0.3) is 0 Å². The van der Waals surface area contributed by atoms with Crippen molar-refractivity contribution in [1.29, 1.82) is 0 Å². The highest BCUT2D eigenvalue weighted by atomic mass is 19.4. The first-order valence-electron chi connectivity index (χ1n) is 6.19. The zero-order chi connectivity index (χ0) is 17.8. The smallest absolute Gasteiger partial charge is 0.466 e. The van der Waals surface area contributed by atoms with Gasteiger partial charge in [0.15, 0.2) is 5.69 Å². The number of aromatic nitrogens is 1. The van der Waals surface area contributed by atoms with Gasteiger partial charge in [0.25, 0.3) is 0 Å². The fourth-order valence-corrected chi connectivity index (χ4v) is 1.75. The molecule has 0 atom stereocenters. The highest BCUT2D eigenvalue weighted by Gasteiger charge is 2.40. The predicted molar refractivity (Wildman–Crippen MR) is 64.2 cm³/mol. The summed E-state index contributed by atoms with van der Waals surface area (Å²) in [7, 11) is 0. The minimum atomic E-state index is -5.27. The molecule has 0 spiro atoms. The first-order chi connectivity index (χ1) is 10.5. The Balaban J connectivity index is 3.43. The lowest BCUT2D eigenvalue weighted by atomic mass is 10.1. The van der Waals surface area contributed by atoms with Crippen molar-refractivity contribution < 1.29 is 40.6 Å². The van der Waals surface area contributed by atoms with Crippen molar-refractivity contribution in [2.75, 3.05) is 6.61 Å². The van der Waals surface area contributed by atoms with E-state index in [0.29, 0.717) is 6.20 Å². The first-order valence-corrected chi connectivity index (χ1v) is 6.19. The number of alkyl halides is 6. The molecule has 0 bridgehead atoms. The standard InChI is InChI=1S/C12H12F6N2O3/c1-2-22-8(21)3-6-5-20-10(11(13,14)15)7(4-19)9(6)23-12(16,17)18/h5H,2-4,19H2,1H3. The minimum Gasteiger partial charge on any atom is -0.466 e. The third kappa shape index (κ3) is 5.27. The monoisotopic (exact) mass is 346 g/mol. The molecule has 0 fully saturated rings. The average molecular weight is 346 g/mol. The van der Waals surface area contributed by atoms with Crippen molar-refractivity contribution >= 4 is 5.97 Å². The number of carbonyl (C=O) groups excluding carboxylic acids is 1. The molecule has 0 radical (unpaired) electrons. The van der Waals surface area contributed by atoms with Gasteiger partial charge in [-0.1, -0.05) is 0 Å². The number of ether oxygens (including phenoxy) is 2. The highest BCUT2D eigenvalue weighted by Crippen LogP contribution is 2.38. The van der Waals surface area contributed by atoms with E-state index in [-0.39, 0.29) is 6.61 Å². The van der Waals surface area contributed by atoms with Crippen LogP contribution in [0.3, 0.4) is 0 Å². The fraction of sp³-hybridized carbons (Fsp3) is 0.500. The van der Waals surface area contributed by atoms with Crippen molar-refractivity contribution in [2.24, 2.45) is 5.73 Å². The number of rotatable bonds is 5. The lowest BCUT2D eigenvalue weighted by Gasteiger charge is -2.19. The lowest BCUT2D eigenvalue weighted by molar-refractivity contribution is -0.275. The van der Waals surface area contributed by atoms with E-state index in [4.69, 9.17) is 5.73 Å². The number of carbonyl (C=O) groups is 1. The minimum absolute atomic E-state index is 0.0495. The maximum absolute atomic E-state index is 12.8. The summed E-state index contributed by atoms with van der Waals surface area (Å²) in [6, 6.07) is 0. The molecule has 5 nitrogen and oxygen atoms in total. The summed E-state index contributed by atoms with van der Waals surface area (Å²) >= 11 is 0. The van der Waals surface area contributed by atoms with Gasteiger partial charge >= 0.3 is 18.5 Å². The Morgan fingerprint density at radius 1 is 1.26 bits per heavy atom. The van der Waals surface area contributed by atoms with E-state index in [1.807, 2.05) is 0 Å². The fourth-order valence-electron chi connectivity index (χ4n) is 1.75. The highest BCUT2D eigenvalue weighted by molar-refractivity contribution is 5.73. The predicted octanol–water partition coefficient (Wildman–Crippen LogP) is 2.56. The van der Waals surface area contributed by atoms with Gasteiger partial charge in [-0.2, -0.15) is 13.2 Å². The Bertz CT molecular complexity index is 571. The second-order valence-electron chi connectivity index (χ2n) is 4.17. The molecular formula is C12H12F6N2O3. The molecule has 0 unspecified atom stereocenters. The van der Waals surface area contributed by atoms with Crippen molar-refractivity contribution in [3.05, 3.63) is 23.0 Å². The van der Waals surface area contributed by atoms with Gasteiger partial charge in [0, 0.05) is 23.9 Å². The maximum atomic E-state index is 12.8. The van der Waals surface area contributed by atoms with Crippen LogP contribution in [-0.4, -0.2) is 23.9 Å². The molecule has 1 aromatic rings. The van der Waals surface area contributed by atoms with Crippen molar-refractivity contribution in [1.82, 2.24) is 4.98 Å². The Hall–Kier alpha value is -2.04. The van der Waals surface area contributed by atoms with Crippen LogP contribution in [-0.2, 0) is 28.7 Å². The van der Waals surface area contributed by atoms with E-state index in [0.717, 1.165) is 0 Å². The Morgan fingerprint density at radius 2 is 1.87 bits per heavy atom. The van der Waals surface area contributed by atoms with Gasteiger partial charge in [-0.3, -0.25) is 9.78 Å². The van der Waals surface area contributed by atoms with E-state index < -0.39 is 54.0 Å². The summed E-state index contributed by atoms with van der Waals surface area (Å²) in [4.78, 5) is 14.4. The van der Waals surface area contributed by atoms with Crippen molar-refractivity contribution in [2.45, 2.75) is 32.4 Å². The molecular weight excluding hydrogens is 334 g/mol. The molecule has 1 aromatic heterocycles. The summed E-state index contributed by atoms with van der Waals surface area (Å²) < 4.78 is 84.0. The number of nitrogens with two attached hydrogens (primary N) is 1. The Labute approximate surface area is 126 Å². The van der Waals surface area contributed by atoms with E-state index in [9.17, 15) is 31.1 Å². The summed E-state index contributed by atoms with van der Waals surface area (Å²) in [6.07, 6.45) is -10.5. The quantitative estimate of drug-likeness (QED) is 0.655. The third-order valence-electron chi connectivity index (χ3n) is 2.53. The maximum Gasteiger partial charge on any atom is 0.573 e. The van der Waals surface area contributed by atoms with Crippen LogP contribution in [0.15, 0.2) is 6.20 Å². The van der Waals surface area contributed by atoms with Crippen LogP contribution in [0.4, 0.5) is 26.3 Å². The number of halogens is 6. The van der Waals surface area contributed by atoms with Crippen LogP contribution >= 0.6 is 0 Å². The zero-order valence-electron chi connectivity index (χ0n) is 11.7. The molecule has 0 aliphatic carbocycles. The van der Waals surface area contributed by atoms with Gasteiger partial charge < -0.3 is 15.2 Å². The number of hydrogen-bond donors (Lipinski definition) is 1. The molecule has 1 heterocycles. The van der Waals surface area contributed by atoms with Crippen LogP contribution in [0.1, 0.15) is 23.7 Å². The number of pyridine rings is 1. The van der Waals surface area contributed by atoms with Gasteiger partial charge in [0.2, 0.25) is 0 Å². The van der Waals surface area contributed by atoms with Gasteiger partial charge in [-0.15, -0.1) is 13.2 Å². The summed E-state index contributed by atoms with van der Waals surface area (Å²) in [5.74, 6) is -2.13. The van der Waals surface area contributed by atoms with Gasteiger partial charge in [-0.05, 0) is 6.92 Å². The van der Waals surface area contributed by atoms with E-state index >= 15 is 0 Å². The van der Waals surface area contributed by atoms with Gasteiger partial charge in [0.05, 0.1) is 13.0 Å². The molecule has 23 heavy (non-hydrogen) atoms. The molecule has 1 rings (SSSR count). The van der Waals surface area contributed by atoms with Crippen LogP contribution < -0.4 is 10.5 Å². The molecule has 2 N–H and O–H groups in total. The Kier molecular flexibility index (Phi) is 5.81. The topological polar surface area (TPSA) is 74.4 Å². The van der Waals surface area contributed by atoms with Gasteiger partial charge in [0.1, 0.15) is 5.75 Å². The SMILES string of the molecule is CCOC(=O)Cc1cnc(C(F)(F)F)c(CN)c1OC(F)(F)F. The molecule has 0 aromatic carbocycles. The van der Waals surface area contributed by atoms with Gasteiger partial charge in [-0.25, -0.2) is 0 Å². The zero-order valence-corrected chi connectivity index (χ0v) is 11.7. The van der Waals surface area contributed by atoms with Crippen molar-refractivity contribution in [3.8, 4) is 5.75 Å². The summed E-state index contributed by atoms with van der Waals surface area (Å²) in [5.41, 5.74) is 2.02. The molecule has 0 saturated heterocycles. The molecule has 0 saturated carbocycles. The molecule has 0 aliphatic rings. The van der Waals surface area contributed by atoms with Crippen LogP contribution in [0, 0.1) is 0 Å². The lowest BCUT2D eigenvalue weighted by Crippen LogP contribution is -2.24. The molecule has 0 aliphatic heterocycles. The van der Waals surface area contributed by atoms with Crippen molar-refractivity contribution in [3.63, 3.8) is 0 Å². The number of esters is 1. The van der Waals surface area contributed by atoms with Crippen LogP contribution in [0.5, 0.6) is 5.75 Å². The first kappa shape index (κ1) is 19.0. The molecule has 0 amide bonds. The normalized spacial score (nSPS) is 12.2. The second-order valence-corrected chi connectivity index (χ2v) is 4.17. The molecule has 11 heteroatoms. The second kappa shape index (κ2) is 7.02. The van der Waals surface area contributed by atoms with Crippen LogP contribution in [0.2, 0.25) is 0 Å². The van der Waals surface area contributed by atoms with E-state index in [2.05, 4.69) is 14.5 Å². The number of nitrogens with zero attached hydrogens (tertiary/aromatic N) is 1. The third-order valence-corrected chi connectivity index (χ3v) is 2.53. The van der Waals surface area contributed by atoms with E-state index in [1.165, 1.54) is 6.92 Å².